The van der Waals surface area contributed by atoms with E-state index in [4.69, 9.17) is 13.9 Å². The van der Waals surface area contributed by atoms with Gasteiger partial charge in [-0.1, -0.05) is 0 Å². The number of nitrogens with zero attached hydrogens (tertiary/aromatic N) is 1. The van der Waals surface area contributed by atoms with Gasteiger partial charge >= 0.3 is 0 Å². The Morgan fingerprint density at radius 2 is 1.90 bits per heavy atom. The third kappa shape index (κ3) is 3.14. The molecular weight excluding hydrogens is 296 g/mol. The van der Waals surface area contributed by atoms with E-state index in [0.717, 1.165) is 0 Å². The second-order valence-corrected chi connectivity index (χ2v) is 6.94. The summed E-state index contributed by atoms with van der Waals surface area (Å²) in [4.78, 5) is 0.208. The van der Waals surface area contributed by atoms with Crippen LogP contribution in [0.25, 0.3) is 0 Å². The maximum absolute atomic E-state index is 12.7. The molecule has 0 bridgehead atoms. The van der Waals surface area contributed by atoms with Crippen molar-refractivity contribution in [2.45, 2.75) is 30.6 Å². The van der Waals surface area contributed by atoms with Gasteiger partial charge in [-0.25, -0.2) is 8.42 Å². The van der Waals surface area contributed by atoms with Crippen LogP contribution < -0.4 is 5.32 Å². The van der Waals surface area contributed by atoms with Gasteiger partial charge < -0.3 is 19.2 Å². The number of aryl methyl sites for hydroxylation is 1. The Hall–Kier alpha value is -0.930. The van der Waals surface area contributed by atoms with E-state index in [-0.39, 0.29) is 30.2 Å². The van der Waals surface area contributed by atoms with Crippen molar-refractivity contribution < 1.29 is 22.3 Å². The van der Waals surface area contributed by atoms with Gasteiger partial charge in [0.1, 0.15) is 16.4 Å². The van der Waals surface area contributed by atoms with Crippen molar-refractivity contribution >= 4 is 10.0 Å². The van der Waals surface area contributed by atoms with E-state index in [1.807, 2.05) is 0 Å². The molecule has 0 radical (unpaired) electrons. The highest BCUT2D eigenvalue weighted by molar-refractivity contribution is 7.89. The van der Waals surface area contributed by atoms with Gasteiger partial charge in [0.25, 0.3) is 0 Å². The number of sulfonamides is 1. The first-order chi connectivity index (χ1) is 9.93. The summed E-state index contributed by atoms with van der Waals surface area (Å²) < 4.78 is 42.9. The van der Waals surface area contributed by atoms with E-state index in [1.165, 1.54) is 4.31 Å². The summed E-state index contributed by atoms with van der Waals surface area (Å²) >= 11 is 0. The number of furan rings is 1. The zero-order valence-corrected chi connectivity index (χ0v) is 13.6. The minimum Gasteiger partial charge on any atom is -0.464 e. The molecule has 0 amide bonds. The largest absolute Gasteiger partial charge is 0.464 e. The molecule has 1 saturated heterocycles. The molecule has 7 nitrogen and oxygen atoms in total. The highest BCUT2D eigenvalue weighted by atomic mass is 32.2. The van der Waals surface area contributed by atoms with Crippen LogP contribution in [0.4, 0.5) is 0 Å². The third-order valence-corrected chi connectivity index (χ3v) is 5.62. The zero-order chi connectivity index (χ0) is 15.6. The fourth-order valence-electron chi connectivity index (χ4n) is 2.54. The van der Waals surface area contributed by atoms with Crippen molar-refractivity contribution in [2.24, 2.45) is 0 Å². The lowest BCUT2D eigenvalue weighted by molar-refractivity contribution is -0.00461. The summed E-state index contributed by atoms with van der Waals surface area (Å²) in [5.41, 5.74) is 0. The lowest BCUT2D eigenvalue weighted by atomic mass is 10.3. The minimum absolute atomic E-state index is 0.208. The number of ether oxygens (including phenoxy) is 2. The first-order valence-electron chi connectivity index (χ1n) is 6.73. The summed E-state index contributed by atoms with van der Waals surface area (Å²) in [6, 6.07) is 1.57. The van der Waals surface area contributed by atoms with Crippen molar-refractivity contribution in [2.75, 3.05) is 34.4 Å². The highest BCUT2D eigenvalue weighted by Gasteiger charge is 2.41. The Morgan fingerprint density at radius 3 is 2.38 bits per heavy atom. The molecule has 120 valence electrons. The van der Waals surface area contributed by atoms with Crippen molar-refractivity contribution in [3.63, 3.8) is 0 Å². The van der Waals surface area contributed by atoms with Crippen LogP contribution in [0.1, 0.15) is 11.5 Å². The lowest BCUT2D eigenvalue weighted by Crippen LogP contribution is -2.30. The van der Waals surface area contributed by atoms with Gasteiger partial charge in [0.15, 0.2) is 0 Å². The molecule has 1 N–H and O–H groups in total. The molecule has 2 atom stereocenters. The summed E-state index contributed by atoms with van der Waals surface area (Å²) in [7, 11) is 1.29. The number of hydrogen-bond acceptors (Lipinski definition) is 6. The van der Waals surface area contributed by atoms with Gasteiger partial charge in [0, 0.05) is 33.4 Å². The van der Waals surface area contributed by atoms with Crippen LogP contribution in [0.5, 0.6) is 0 Å². The molecule has 0 aliphatic carbocycles. The fraction of sp³-hybridized carbons (Fsp3) is 0.692. The van der Waals surface area contributed by atoms with Crippen LogP contribution in [0.3, 0.4) is 0 Å². The molecule has 1 aliphatic rings. The van der Waals surface area contributed by atoms with Crippen LogP contribution in [-0.2, 0) is 26.0 Å². The SMILES string of the molecule is CNCc1cc(S(=O)(=O)N2CC(OC)C(OC)C2)c(C)o1. The van der Waals surface area contributed by atoms with Gasteiger partial charge in [-0.3, -0.25) is 0 Å². The second kappa shape index (κ2) is 6.45. The fourth-order valence-corrected chi connectivity index (χ4v) is 4.19. The first-order valence-corrected chi connectivity index (χ1v) is 8.17. The van der Waals surface area contributed by atoms with Crippen LogP contribution in [-0.4, -0.2) is 59.3 Å². The Labute approximate surface area is 125 Å². The predicted octanol–water partition coefficient (Wildman–Crippen LogP) is 0.342. The molecule has 8 heteroatoms. The van der Waals surface area contributed by atoms with Gasteiger partial charge in [0.2, 0.25) is 10.0 Å². The second-order valence-electron chi connectivity index (χ2n) is 5.03. The molecule has 1 fully saturated rings. The summed E-state index contributed by atoms with van der Waals surface area (Å²) in [6.45, 7) is 2.70. The Balaban J connectivity index is 2.26. The number of rotatable bonds is 6. The molecule has 0 aromatic carbocycles. The quantitative estimate of drug-likeness (QED) is 0.815. The normalized spacial score (nSPS) is 23.8. The molecule has 0 saturated carbocycles. The van der Waals surface area contributed by atoms with Gasteiger partial charge in [-0.2, -0.15) is 4.31 Å². The third-order valence-electron chi connectivity index (χ3n) is 3.68. The number of hydrogen-bond donors (Lipinski definition) is 1. The molecule has 0 spiro atoms. The average Bonchev–Trinajstić information content (AvgIpc) is 3.03. The van der Waals surface area contributed by atoms with E-state index >= 15 is 0 Å². The molecule has 2 unspecified atom stereocenters. The topological polar surface area (TPSA) is 81.0 Å². The minimum atomic E-state index is -3.60. The van der Waals surface area contributed by atoms with E-state index in [1.54, 1.807) is 34.3 Å². The van der Waals surface area contributed by atoms with Crippen LogP contribution in [0.15, 0.2) is 15.4 Å². The Kier molecular flexibility index (Phi) is 5.05. The lowest BCUT2D eigenvalue weighted by Gasteiger charge is -2.14. The van der Waals surface area contributed by atoms with Crippen LogP contribution in [0.2, 0.25) is 0 Å². The van der Waals surface area contributed by atoms with Crippen LogP contribution >= 0.6 is 0 Å². The number of nitrogens with one attached hydrogen (secondary N) is 1. The monoisotopic (exact) mass is 318 g/mol. The Bertz CT molecular complexity index is 571. The highest BCUT2D eigenvalue weighted by Crippen LogP contribution is 2.28. The van der Waals surface area contributed by atoms with E-state index < -0.39 is 10.0 Å². The van der Waals surface area contributed by atoms with E-state index in [2.05, 4.69) is 5.32 Å². The first kappa shape index (κ1) is 16.4. The van der Waals surface area contributed by atoms with Crippen molar-refractivity contribution in [3.8, 4) is 0 Å². The maximum Gasteiger partial charge on any atom is 0.246 e. The van der Waals surface area contributed by atoms with Crippen molar-refractivity contribution in [3.05, 3.63) is 17.6 Å². The molecule has 1 aliphatic heterocycles. The molecule has 1 aromatic heterocycles. The smallest absolute Gasteiger partial charge is 0.246 e. The van der Waals surface area contributed by atoms with Gasteiger partial charge in [-0.05, 0) is 14.0 Å². The van der Waals surface area contributed by atoms with E-state index in [0.29, 0.717) is 18.1 Å². The molecule has 2 heterocycles. The average molecular weight is 318 g/mol. The molecule has 1 aromatic rings. The standard InChI is InChI=1S/C13H22N2O5S/c1-9-13(5-10(20-9)6-14-2)21(16,17)15-7-11(18-3)12(8-15)19-4/h5,11-12,14H,6-8H2,1-4H3. The van der Waals surface area contributed by atoms with Crippen molar-refractivity contribution in [1.82, 2.24) is 9.62 Å². The maximum atomic E-state index is 12.7. The predicted molar refractivity (Wildman–Crippen MR) is 76.6 cm³/mol. The summed E-state index contributed by atoms with van der Waals surface area (Å²) in [6.07, 6.45) is -0.512. The molecule has 21 heavy (non-hydrogen) atoms. The number of methoxy groups -OCH3 is 2. The molecular formula is C13H22N2O5S. The van der Waals surface area contributed by atoms with Gasteiger partial charge in [0.05, 0.1) is 18.8 Å². The Morgan fingerprint density at radius 1 is 1.33 bits per heavy atom. The summed E-state index contributed by atoms with van der Waals surface area (Å²) in [5, 5.41) is 2.94. The molecule has 2 rings (SSSR count). The van der Waals surface area contributed by atoms with Crippen molar-refractivity contribution in [1.29, 1.82) is 0 Å². The summed E-state index contributed by atoms with van der Waals surface area (Å²) in [5.74, 6) is 0.995. The van der Waals surface area contributed by atoms with E-state index in [9.17, 15) is 8.42 Å². The zero-order valence-electron chi connectivity index (χ0n) is 12.8. The van der Waals surface area contributed by atoms with Crippen LogP contribution in [0, 0.1) is 6.92 Å². The van der Waals surface area contributed by atoms with Gasteiger partial charge in [-0.15, -0.1) is 0 Å².